The first-order chi connectivity index (χ1) is 10.5. The molecule has 0 bridgehead atoms. The summed E-state index contributed by atoms with van der Waals surface area (Å²) in [6.07, 6.45) is 9.69. The van der Waals surface area contributed by atoms with E-state index in [4.69, 9.17) is 0 Å². The third-order valence-electron chi connectivity index (χ3n) is 5.64. The summed E-state index contributed by atoms with van der Waals surface area (Å²) in [4.78, 5) is 0. The van der Waals surface area contributed by atoms with Crippen molar-refractivity contribution in [2.24, 2.45) is 0 Å². The van der Waals surface area contributed by atoms with Crippen LogP contribution in [0.15, 0.2) is 60.7 Å². The van der Waals surface area contributed by atoms with Crippen molar-refractivity contribution in [1.29, 1.82) is 0 Å². The molecule has 4 rings (SSSR count). The molecule has 0 amide bonds. The molecule has 114 valence electrons. The molecular weight excluding hydrogens is 360 g/mol. The normalized spacial score (nSPS) is 22.7. The molecule has 2 aliphatic carbocycles. The Bertz CT molecular complexity index is 825. The number of fused-ring (bicyclic) bond motifs is 2. The molecule has 22 heavy (non-hydrogen) atoms. The zero-order valence-electron chi connectivity index (χ0n) is 15.3. The molecule has 2 aliphatic rings. The largest absolute Gasteiger partial charge is 1.00 e. The van der Waals surface area contributed by atoms with Gasteiger partial charge in [-0.15, -0.1) is 0 Å². The minimum atomic E-state index is -3.02. The molecule has 2 aromatic carbocycles. The van der Waals surface area contributed by atoms with E-state index in [1.165, 1.54) is 11.1 Å². The Morgan fingerprint density at radius 2 is 1.18 bits per heavy atom. The minimum Gasteiger partial charge on any atom is -1.00 e. The molecule has 0 nitrogen and oxygen atoms in total. The number of rotatable bonds is 2. The fourth-order valence-electron chi connectivity index (χ4n) is 4.35. The maximum absolute atomic E-state index is 3.02. The number of allylic oxidation sites excluding steroid dienone is 2. The van der Waals surface area contributed by atoms with Crippen molar-refractivity contribution in [2.75, 3.05) is 0 Å². The summed E-state index contributed by atoms with van der Waals surface area (Å²) in [6.45, 7) is 2.37. The predicted molar refractivity (Wildman–Crippen MR) is 98.9 cm³/mol. The van der Waals surface area contributed by atoms with Crippen molar-refractivity contribution >= 4 is 19.0 Å². The molecule has 0 radical (unpaired) electrons. The molecule has 2 atom stereocenters. The monoisotopic (exact) mass is 382 g/mol. The zero-order chi connectivity index (χ0) is 15.4. The van der Waals surface area contributed by atoms with Crippen LogP contribution in [-0.4, -0.2) is 6.88 Å². The van der Waals surface area contributed by atoms with Crippen molar-refractivity contribution in [3.63, 3.8) is 0 Å². The second-order valence-corrected chi connectivity index (χ2v) is 38.6. The zero-order valence-corrected chi connectivity index (χ0v) is 17.2. The first-order valence-electron chi connectivity index (χ1n) is 8.07. The van der Waals surface area contributed by atoms with E-state index in [1.807, 2.05) is 0 Å². The number of hydrogen-bond acceptors (Lipinski definition) is 0. The van der Waals surface area contributed by atoms with E-state index in [1.54, 1.807) is 11.1 Å². The van der Waals surface area contributed by atoms with Gasteiger partial charge in [-0.3, -0.25) is 0 Å². The Hall–Kier alpha value is -0.980. The van der Waals surface area contributed by atoms with E-state index in [0.29, 0.717) is 7.25 Å². The molecule has 0 aromatic heterocycles. The van der Waals surface area contributed by atoms with Gasteiger partial charge in [0.2, 0.25) is 0 Å². The molecule has 2 heteroatoms. The average Bonchev–Trinajstić information content (AvgIpc) is 3.12. The second kappa shape index (κ2) is 4.76. The van der Waals surface area contributed by atoms with Crippen molar-refractivity contribution in [2.45, 2.75) is 16.5 Å². The molecule has 2 aromatic rings. The van der Waals surface area contributed by atoms with E-state index < -0.39 is 17.4 Å². The van der Waals surface area contributed by atoms with Crippen molar-refractivity contribution < 1.29 is 20.3 Å². The van der Waals surface area contributed by atoms with Gasteiger partial charge in [0.1, 0.15) is 0 Å². The molecule has 0 N–H and O–H groups in total. The Balaban J connectivity index is 0.00000104. The number of benzene rings is 2. The summed E-state index contributed by atoms with van der Waals surface area (Å²) >= 11 is -3.02. The predicted octanol–water partition coefficient (Wildman–Crippen LogP) is 5.08. The second-order valence-electron chi connectivity index (χ2n) is 7.87. The summed E-state index contributed by atoms with van der Waals surface area (Å²) in [5.74, 6) is 0. The maximum Gasteiger partial charge on any atom is -1.00 e. The average molecular weight is 384 g/mol. The minimum absolute atomic E-state index is 0. The molecule has 2 unspecified atom stereocenters. The van der Waals surface area contributed by atoms with E-state index in [0.717, 1.165) is 0 Å². The summed E-state index contributed by atoms with van der Waals surface area (Å²) in [5, 5.41) is 0. The third kappa shape index (κ3) is 2.04. The van der Waals surface area contributed by atoms with Gasteiger partial charge in [0.25, 0.3) is 0 Å². The van der Waals surface area contributed by atoms with Crippen LogP contribution in [0.25, 0.3) is 12.2 Å². The Morgan fingerprint density at radius 3 is 1.64 bits per heavy atom. The van der Waals surface area contributed by atoms with Crippen LogP contribution in [0.3, 0.4) is 0 Å². The van der Waals surface area contributed by atoms with Gasteiger partial charge >= 0.3 is 136 Å². The van der Waals surface area contributed by atoms with E-state index in [9.17, 15) is 0 Å². The number of hydrogen-bond donors (Lipinski definition) is 0. The molecule has 0 saturated heterocycles. The van der Waals surface area contributed by atoms with Gasteiger partial charge in [-0.2, -0.15) is 0 Å². The van der Waals surface area contributed by atoms with E-state index in [-0.39, 0.29) is 2.85 Å². The van der Waals surface area contributed by atoms with Crippen LogP contribution >= 0.6 is 0 Å². The first-order valence-corrected chi connectivity index (χ1v) is 21.7. The smallest absolute Gasteiger partial charge is 1.00 e. The third-order valence-corrected chi connectivity index (χ3v) is 23.4. The Morgan fingerprint density at radius 1 is 0.773 bits per heavy atom. The summed E-state index contributed by atoms with van der Waals surface area (Å²) in [7, 11) is 0. The van der Waals surface area contributed by atoms with Crippen LogP contribution in [0.5, 0.6) is 0 Å². The molecule has 0 heterocycles. The molecule has 0 aliphatic heterocycles. The Kier molecular flexibility index (Phi) is 3.16. The van der Waals surface area contributed by atoms with Gasteiger partial charge < -0.3 is 2.85 Å². The van der Waals surface area contributed by atoms with Crippen LogP contribution in [0, 0.1) is 0 Å². The van der Waals surface area contributed by atoms with Crippen molar-refractivity contribution in [3.05, 3.63) is 82.9 Å². The van der Waals surface area contributed by atoms with Crippen molar-refractivity contribution in [3.8, 4) is 0 Å². The summed E-state index contributed by atoms with van der Waals surface area (Å²) < 4.78 is 6.59. The molecule has 0 fully saturated rings. The van der Waals surface area contributed by atoms with E-state index in [2.05, 4.69) is 89.0 Å². The molecule has 0 spiro atoms. The fraction of sp³-hybridized carbons (Fsp3) is 0.200. The topological polar surface area (TPSA) is 0 Å². The molecule has 0 saturated carbocycles. The molecular formula is C20H24SiZr-2. The summed E-state index contributed by atoms with van der Waals surface area (Å²) in [5.41, 5.74) is 5.98. The van der Waals surface area contributed by atoms with Crippen LogP contribution in [0.1, 0.15) is 32.4 Å². The van der Waals surface area contributed by atoms with Crippen LogP contribution in [-0.2, 0) is 17.4 Å². The van der Waals surface area contributed by atoms with Crippen molar-refractivity contribution in [1.82, 2.24) is 0 Å². The van der Waals surface area contributed by atoms with Gasteiger partial charge in [-0.25, -0.2) is 0 Å². The standard InChI is InChI=1S/2C9H7.2CH3.H2Si.Zr.2H/c2*1-2-5-9-7-3-6-8(9)4-1;;;;;;/h2*1-7H;2*1H3;1H2;;;/q;;;;;;2*-1. The SMILES string of the molecule is [CH3][Zr]([CH3])(=[SiH2])([CH]1C=Cc2ccccc21)[CH]1C=Cc2ccccc21.[H-].[H-]. The first kappa shape index (κ1) is 14.6. The van der Waals surface area contributed by atoms with Gasteiger partial charge in [-0.05, 0) is 0 Å². The summed E-state index contributed by atoms with van der Waals surface area (Å²) in [6, 6.07) is 17.9. The van der Waals surface area contributed by atoms with Gasteiger partial charge in [0, 0.05) is 0 Å². The van der Waals surface area contributed by atoms with Gasteiger partial charge in [-0.1, -0.05) is 0 Å². The quantitative estimate of drug-likeness (QED) is 0.634. The van der Waals surface area contributed by atoms with Gasteiger partial charge in [0.05, 0.1) is 0 Å². The van der Waals surface area contributed by atoms with Crippen LogP contribution in [0.4, 0.5) is 0 Å². The fourth-order valence-corrected chi connectivity index (χ4v) is 19.4. The van der Waals surface area contributed by atoms with Crippen LogP contribution < -0.4 is 0 Å². The van der Waals surface area contributed by atoms with Crippen LogP contribution in [0.2, 0.25) is 9.26 Å². The Labute approximate surface area is 138 Å². The van der Waals surface area contributed by atoms with E-state index >= 15 is 0 Å². The van der Waals surface area contributed by atoms with Gasteiger partial charge in [0.15, 0.2) is 0 Å². The maximum atomic E-state index is 2.65.